The molecule has 0 saturated heterocycles. The first-order valence-electron chi connectivity index (χ1n) is 9.45. The van der Waals surface area contributed by atoms with Gasteiger partial charge in [0.15, 0.2) is 0 Å². The van der Waals surface area contributed by atoms with Gasteiger partial charge in [0.25, 0.3) is 0 Å². The number of benzene rings is 2. The Morgan fingerprint density at radius 2 is 1.77 bits per heavy atom. The second kappa shape index (κ2) is 9.97. The zero-order chi connectivity index (χ0) is 22.4. The van der Waals surface area contributed by atoms with E-state index in [2.05, 4.69) is 5.32 Å². The SMILES string of the molecule is C[C@@H](CNC(=O)CCCN(c1cccc(C(F)(F)F)c1)S(C)(=O)=O)c1ccccc1. The summed E-state index contributed by atoms with van der Waals surface area (Å²) in [4.78, 5) is 12.1. The van der Waals surface area contributed by atoms with Gasteiger partial charge in [-0.25, -0.2) is 8.42 Å². The number of rotatable bonds is 9. The van der Waals surface area contributed by atoms with Gasteiger partial charge >= 0.3 is 6.18 Å². The van der Waals surface area contributed by atoms with E-state index in [-0.39, 0.29) is 36.9 Å². The van der Waals surface area contributed by atoms with Crippen LogP contribution in [0.25, 0.3) is 0 Å². The van der Waals surface area contributed by atoms with Crippen molar-refractivity contribution in [3.8, 4) is 0 Å². The Morgan fingerprint density at radius 1 is 1.10 bits per heavy atom. The summed E-state index contributed by atoms with van der Waals surface area (Å²) in [5.41, 5.74) is 0.0809. The van der Waals surface area contributed by atoms with E-state index in [1.165, 1.54) is 6.07 Å². The molecule has 2 aromatic carbocycles. The molecular formula is C21H25F3N2O3S. The minimum Gasteiger partial charge on any atom is -0.356 e. The van der Waals surface area contributed by atoms with E-state index in [4.69, 9.17) is 0 Å². The summed E-state index contributed by atoms with van der Waals surface area (Å²) in [6.45, 7) is 2.32. The molecule has 0 aliphatic carbocycles. The predicted octanol–water partition coefficient (Wildman–Crippen LogP) is 4.17. The molecule has 2 rings (SSSR count). The van der Waals surface area contributed by atoms with Gasteiger partial charge in [0, 0.05) is 19.5 Å². The number of amides is 1. The van der Waals surface area contributed by atoms with Crippen molar-refractivity contribution in [2.45, 2.75) is 31.9 Å². The number of hydrogen-bond donors (Lipinski definition) is 1. The van der Waals surface area contributed by atoms with Crippen molar-refractivity contribution in [2.24, 2.45) is 0 Å². The van der Waals surface area contributed by atoms with E-state index in [1.807, 2.05) is 37.3 Å². The van der Waals surface area contributed by atoms with Gasteiger partial charge in [-0.15, -0.1) is 0 Å². The van der Waals surface area contributed by atoms with Gasteiger partial charge in [-0.3, -0.25) is 9.10 Å². The normalized spacial score (nSPS) is 13.0. The standard InChI is InChI=1S/C21H25F3N2O3S/c1-16(17-8-4-3-5-9-17)15-25-20(27)12-7-13-26(30(2,28)29)19-11-6-10-18(14-19)21(22,23)24/h3-6,8-11,14,16H,7,12-13,15H2,1-2H3,(H,25,27)/t16-/m0/s1. The second-order valence-electron chi connectivity index (χ2n) is 7.10. The fraction of sp³-hybridized carbons (Fsp3) is 0.381. The molecule has 0 unspecified atom stereocenters. The van der Waals surface area contributed by atoms with Crippen molar-refractivity contribution in [3.63, 3.8) is 0 Å². The van der Waals surface area contributed by atoms with E-state index in [0.717, 1.165) is 34.3 Å². The molecule has 0 aliphatic heterocycles. The van der Waals surface area contributed by atoms with Crippen molar-refractivity contribution < 1.29 is 26.4 Å². The number of alkyl halides is 3. The molecule has 0 fully saturated rings. The molecule has 0 spiro atoms. The van der Waals surface area contributed by atoms with Crippen LogP contribution in [0.4, 0.5) is 18.9 Å². The lowest BCUT2D eigenvalue weighted by molar-refractivity contribution is -0.137. The molecule has 0 aliphatic rings. The fourth-order valence-corrected chi connectivity index (χ4v) is 3.92. The molecule has 5 nitrogen and oxygen atoms in total. The predicted molar refractivity (Wildman–Crippen MR) is 111 cm³/mol. The van der Waals surface area contributed by atoms with Gasteiger partial charge in [-0.05, 0) is 36.1 Å². The van der Waals surface area contributed by atoms with Crippen molar-refractivity contribution in [1.29, 1.82) is 0 Å². The summed E-state index contributed by atoms with van der Waals surface area (Å²) in [6, 6.07) is 13.8. The topological polar surface area (TPSA) is 66.5 Å². The van der Waals surface area contributed by atoms with Gasteiger partial charge in [-0.1, -0.05) is 43.3 Å². The molecule has 1 N–H and O–H groups in total. The zero-order valence-corrected chi connectivity index (χ0v) is 17.6. The molecule has 1 atom stereocenters. The van der Waals surface area contributed by atoms with Crippen LogP contribution in [0.5, 0.6) is 0 Å². The zero-order valence-electron chi connectivity index (χ0n) is 16.8. The molecule has 9 heteroatoms. The minimum absolute atomic E-state index is 0.0620. The number of nitrogens with one attached hydrogen (secondary N) is 1. The third-order valence-corrected chi connectivity index (χ3v) is 5.79. The van der Waals surface area contributed by atoms with Crippen molar-refractivity contribution >= 4 is 21.6 Å². The van der Waals surface area contributed by atoms with E-state index >= 15 is 0 Å². The van der Waals surface area contributed by atoms with Crippen LogP contribution < -0.4 is 9.62 Å². The number of carbonyl (C=O) groups excluding carboxylic acids is 1. The molecule has 164 valence electrons. The van der Waals surface area contributed by atoms with Crippen molar-refractivity contribution in [3.05, 3.63) is 65.7 Å². The Hall–Kier alpha value is -2.55. The maximum atomic E-state index is 12.9. The van der Waals surface area contributed by atoms with Gasteiger partial charge in [0.2, 0.25) is 15.9 Å². The lowest BCUT2D eigenvalue weighted by atomic mass is 10.0. The number of carbonyl (C=O) groups is 1. The second-order valence-corrected chi connectivity index (χ2v) is 9.01. The molecule has 1 amide bonds. The molecule has 2 aromatic rings. The lowest BCUT2D eigenvalue weighted by Crippen LogP contribution is -2.33. The highest BCUT2D eigenvalue weighted by atomic mass is 32.2. The first-order valence-corrected chi connectivity index (χ1v) is 11.3. The summed E-state index contributed by atoms with van der Waals surface area (Å²) in [5.74, 6) is -0.122. The van der Waals surface area contributed by atoms with E-state index in [1.54, 1.807) is 0 Å². The van der Waals surface area contributed by atoms with Crippen LogP contribution in [0.3, 0.4) is 0 Å². The maximum Gasteiger partial charge on any atom is 0.416 e. The first-order chi connectivity index (χ1) is 14.0. The van der Waals surface area contributed by atoms with E-state index < -0.39 is 21.8 Å². The molecule has 0 radical (unpaired) electrons. The maximum absolute atomic E-state index is 12.9. The van der Waals surface area contributed by atoms with E-state index in [0.29, 0.717) is 6.54 Å². The van der Waals surface area contributed by atoms with Crippen LogP contribution >= 0.6 is 0 Å². The third-order valence-electron chi connectivity index (χ3n) is 4.60. The molecular weight excluding hydrogens is 417 g/mol. The lowest BCUT2D eigenvalue weighted by Gasteiger charge is -2.23. The molecule has 0 saturated carbocycles. The van der Waals surface area contributed by atoms with E-state index in [9.17, 15) is 26.4 Å². The van der Waals surface area contributed by atoms with Crippen LogP contribution in [0.15, 0.2) is 54.6 Å². The Kier molecular flexibility index (Phi) is 7.89. The van der Waals surface area contributed by atoms with Crippen LogP contribution in [-0.2, 0) is 21.0 Å². The monoisotopic (exact) mass is 442 g/mol. The van der Waals surface area contributed by atoms with Gasteiger partial charge in [0.05, 0.1) is 17.5 Å². The highest BCUT2D eigenvalue weighted by Gasteiger charge is 2.31. The van der Waals surface area contributed by atoms with Crippen molar-refractivity contribution in [1.82, 2.24) is 5.32 Å². The number of halogens is 3. The summed E-state index contributed by atoms with van der Waals surface area (Å²) >= 11 is 0. The van der Waals surface area contributed by atoms with Crippen LogP contribution in [0.1, 0.15) is 36.8 Å². The van der Waals surface area contributed by atoms with Gasteiger partial charge in [-0.2, -0.15) is 13.2 Å². The smallest absolute Gasteiger partial charge is 0.356 e. The Morgan fingerprint density at radius 3 is 2.37 bits per heavy atom. The van der Waals surface area contributed by atoms with Crippen molar-refractivity contribution in [2.75, 3.05) is 23.7 Å². The summed E-state index contributed by atoms with van der Waals surface area (Å²) in [7, 11) is -3.81. The number of hydrogen-bond acceptors (Lipinski definition) is 3. The molecule has 0 heterocycles. The highest BCUT2D eigenvalue weighted by Crippen LogP contribution is 2.32. The largest absolute Gasteiger partial charge is 0.416 e. The molecule has 0 bridgehead atoms. The Balaban J connectivity index is 1.93. The Bertz CT molecular complexity index is 947. The number of anilines is 1. The molecule has 30 heavy (non-hydrogen) atoms. The Labute approximate surface area is 175 Å². The van der Waals surface area contributed by atoms with Crippen LogP contribution in [0, 0.1) is 0 Å². The summed E-state index contributed by atoms with van der Waals surface area (Å²) in [5, 5.41) is 2.81. The number of nitrogens with zero attached hydrogens (tertiary/aromatic N) is 1. The average molecular weight is 443 g/mol. The van der Waals surface area contributed by atoms with Crippen LogP contribution in [0.2, 0.25) is 0 Å². The minimum atomic E-state index is -4.57. The number of sulfonamides is 1. The fourth-order valence-electron chi connectivity index (χ4n) is 2.96. The third kappa shape index (κ3) is 7.05. The molecule has 0 aromatic heterocycles. The first kappa shape index (κ1) is 23.7. The van der Waals surface area contributed by atoms with Gasteiger partial charge in [0.1, 0.15) is 0 Å². The highest BCUT2D eigenvalue weighted by molar-refractivity contribution is 7.92. The quantitative estimate of drug-likeness (QED) is 0.634. The average Bonchev–Trinajstić information content (AvgIpc) is 2.68. The summed E-state index contributed by atoms with van der Waals surface area (Å²) < 4.78 is 63.9. The summed E-state index contributed by atoms with van der Waals surface area (Å²) in [6.07, 6.45) is -3.41. The van der Waals surface area contributed by atoms with Crippen LogP contribution in [-0.4, -0.2) is 33.7 Å². The van der Waals surface area contributed by atoms with Gasteiger partial charge < -0.3 is 5.32 Å².